The molecule has 0 aliphatic rings. The van der Waals surface area contributed by atoms with Gasteiger partial charge in [0.05, 0.1) is 11.3 Å². The summed E-state index contributed by atoms with van der Waals surface area (Å²) in [4.78, 5) is 12.4. The third-order valence-electron chi connectivity index (χ3n) is 3.30. The number of rotatable bonds is 4. The van der Waals surface area contributed by atoms with E-state index in [1.807, 2.05) is 0 Å². The third kappa shape index (κ3) is 4.47. The van der Waals surface area contributed by atoms with Gasteiger partial charge in [-0.3, -0.25) is 4.79 Å². The molecule has 0 atom stereocenters. The van der Waals surface area contributed by atoms with E-state index < -0.39 is 9.84 Å². The molecular weight excluding hydrogens is 357 g/mol. The largest absolute Gasteiger partial charge is 0.326 e. The summed E-state index contributed by atoms with van der Waals surface area (Å²) in [5.74, 6) is -0.282. The average Bonchev–Trinajstić information content (AvgIpc) is 2.44. The summed E-state index contributed by atoms with van der Waals surface area (Å²) in [6.07, 6.45) is 1.17. The Morgan fingerprint density at radius 2 is 1.74 bits per heavy atom. The summed E-state index contributed by atoms with van der Waals surface area (Å²) in [7, 11) is -3.28. The van der Waals surface area contributed by atoms with Gasteiger partial charge in [-0.15, -0.1) is 0 Å². The number of aryl methyl sites for hydroxylation is 1. The molecule has 7 heteroatoms. The van der Waals surface area contributed by atoms with Crippen molar-refractivity contribution in [2.45, 2.75) is 18.2 Å². The first-order valence-electron chi connectivity index (χ1n) is 6.72. The van der Waals surface area contributed by atoms with E-state index in [-0.39, 0.29) is 17.2 Å². The smallest absolute Gasteiger partial charge is 0.228 e. The van der Waals surface area contributed by atoms with Crippen LogP contribution in [0.2, 0.25) is 10.0 Å². The van der Waals surface area contributed by atoms with Crippen molar-refractivity contribution in [3.63, 3.8) is 0 Å². The van der Waals surface area contributed by atoms with Crippen LogP contribution in [0.5, 0.6) is 0 Å². The van der Waals surface area contributed by atoms with Crippen LogP contribution < -0.4 is 5.32 Å². The molecule has 1 amide bonds. The van der Waals surface area contributed by atoms with Gasteiger partial charge in [-0.25, -0.2) is 8.42 Å². The number of carbonyl (C=O) groups excluding carboxylic acids is 1. The quantitative estimate of drug-likeness (QED) is 0.886. The predicted octanol–water partition coefficient (Wildman–Crippen LogP) is 3.89. The fraction of sp³-hybridized carbons (Fsp3) is 0.188. The molecule has 0 aliphatic heterocycles. The molecule has 0 saturated carbocycles. The van der Waals surface area contributed by atoms with Crippen molar-refractivity contribution < 1.29 is 13.2 Å². The van der Waals surface area contributed by atoms with Gasteiger partial charge in [0, 0.05) is 22.0 Å². The first-order valence-corrected chi connectivity index (χ1v) is 9.36. The van der Waals surface area contributed by atoms with Crippen molar-refractivity contribution in [2.75, 3.05) is 11.6 Å². The molecule has 0 spiro atoms. The number of benzene rings is 2. The maximum atomic E-state index is 12.2. The fourth-order valence-corrected chi connectivity index (χ4v) is 3.30. The zero-order valence-corrected chi connectivity index (χ0v) is 14.9. The molecule has 0 fully saturated rings. The summed E-state index contributed by atoms with van der Waals surface area (Å²) in [5.41, 5.74) is 1.76. The van der Waals surface area contributed by atoms with E-state index in [2.05, 4.69) is 5.32 Å². The Morgan fingerprint density at radius 1 is 1.13 bits per heavy atom. The van der Waals surface area contributed by atoms with Crippen molar-refractivity contribution in [1.29, 1.82) is 0 Å². The van der Waals surface area contributed by atoms with Gasteiger partial charge in [-0.1, -0.05) is 29.3 Å². The number of sulfone groups is 1. The minimum atomic E-state index is -3.28. The van der Waals surface area contributed by atoms with E-state index in [9.17, 15) is 13.2 Å². The number of halogens is 2. The number of amides is 1. The van der Waals surface area contributed by atoms with Crippen molar-refractivity contribution in [3.8, 4) is 0 Å². The molecule has 0 saturated heterocycles. The molecule has 0 heterocycles. The number of carbonyl (C=O) groups is 1. The maximum Gasteiger partial charge on any atom is 0.228 e. The normalized spacial score (nSPS) is 11.3. The molecular formula is C16H15Cl2NO3S. The molecule has 0 aliphatic carbocycles. The molecule has 2 rings (SSSR count). The van der Waals surface area contributed by atoms with Crippen LogP contribution in [0.4, 0.5) is 5.69 Å². The Labute approximate surface area is 145 Å². The Balaban J connectivity index is 2.18. The van der Waals surface area contributed by atoms with Crippen LogP contribution in [0.3, 0.4) is 0 Å². The first-order chi connectivity index (χ1) is 10.7. The lowest BCUT2D eigenvalue weighted by Crippen LogP contribution is -2.16. The van der Waals surface area contributed by atoms with Crippen LogP contribution >= 0.6 is 23.2 Å². The molecule has 0 aromatic heterocycles. The van der Waals surface area contributed by atoms with Crippen LogP contribution in [-0.2, 0) is 21.1 Å². The van der Waals surface area contributed by atoms with E-state index in [1.54, 1.807) is 31.2 Å². The van der Waals surface area contributed by atoms with Gasteiger partial charge in [-0.2, -0.15) is 0 Å². The third-order valence-corrected chi connectivity index (χ3v) is 5.12. The zero-order chi connectivity index (χ0) is 17.2. The summed E-state index contributed by atoms with van der Waals surface area (Å²) >= 11 is 12.1. The highest BCUT2D eigenvalue weighted by atomic mass is 35.5. The van der Waals surface area contributed by atoms with E-state index in [4.69, 9.17) is 23.2 Å². The molecule has 23 heavy (non-hydrogen) atoms. The van der Waals surface area contributed by atoms with Gasteiger partial charge < -0.3 is 5.32 Å². The second-order valence-electron chi connectivity index (χ2n) is 5.17. The maximum absolute atomic E-state index is 12.2. The Morgan fingerprint density at radius 3 is 2.26 bits per heavy atom. The monoisotopic (exact) mass is 371 g/mol. The molecule has 2 aromatic carbocycles. The highest BCUT2D eigenvalue weighted by Crippen LogP contribution is 2.25. The van der Waals surface area contributed by atoms with Crippen molar-refractivity contribution in [1.82, 2.24) is 0 Å². The summed E-state index contributed by atoms with van der Waals surface area (Å²) in [5, 5.41) is 3.60. The van der Waals surface area contributed by atoms with Crippen LogP contribution in [-0.4, -0.2) is 20.6 Å². The van der Waals surface area contributed by atoms with Crippen LogP contribution in [0.25, 0.3) is 0 Å². The Hall–Kier alpha value is -1.56. The highest BCUT2D eigenvalue weighted by Gasteiger charge is 2.13. The van der Waals surface area contributed by atoms with Crippen LogP contribution in [0.1, 0.15) is 11.1 Å². The lowest BCUT2D eigenvalue weighted by atomic mass is 10.1. The van der Waals surface area contributed by atoms with Gasteiger partial charge in [0.25, 0.3) is 0 Å². The second-order valence-corrected chi connectivity index (χ2v) is 8.00. The lowest BCUT2D eigenvalue weighted by molar-refractivity contribution is -0.115. The number of nitrogens with one attached hydrogen (secondary N) is 1. The van der Waals surface area contributed by atoms with Gasteiger partial charge in [0.1, 0.15) is 0 Å². The van der Waals surface area contributed by atoms with E-state index in [1.165, 1.54) is 12.1 Å². The summed E-state index contributed by atoms with van der Waals surface area (Å²) in [6, 6.07) is 9.59. The molecule has 0 bridgehead atoms. The summed E-state index contributed by atoms with van der Waals surface area (Å²) < 4.78 is 23.0. The molecule has 2 aromatic rings. The van der Waals surface area contributed by atoms with E-state index in [0.29, 0.717) is 26.9 Å². The molecule has 1 N–H and O–H groups in total. The minimum absolute atomic E-state index is 0.0335. The molecule has 4 nitrogen and oxygen atoms in total. The number of anilines is 1. The molecule has 122 valence electrons. The van der Waals surface area contributed by atoms with E-state index in [0.717, 1.165) is 6.26 Å². The zero-order valence-electron chi connectivity index (χ0n) is 12.6. The second kappa shape index (κ2) is 6.91. The van der Waals surface area contributed by atoms with Gasteiger partial charge >= 0.3 is 0 Å². The molecule has 0 unspecified atom stereocenters. The number of hydrogen-bond donors (Lipinski definition) is 1. The lowest BCUT2D eigenvalue weighted by Gasteiger charge is -2.11. The van der Waals surface area contributed by atoms with Crippen LogP contribution in [0.15, 0.2) is 41.3 Å². The predicted molar refractivity (Wildman–Crippen MR) is 93.1 cm³/mol. The van der Waals surface area contributed by atoms with Crippen molar-refractivity contribution in [3.05, 3.63) is 57.6 Å². The van der Waals surface area contributed by atoms with Gasteiger partial charge in [0.15, 0.2) is 9.84 Å². The topological polar surface area (TPSA) is 63.2 Å². The van der Waals surface area contributed by atoms with Crippen molar-refractivity contribution >= 4 is 44.6 Å². The Bertz CT molecular complexity index is 843. The fourth-order valence-electron chi connectivity index (χ4n) is 2.06. The van der Waals surface area contributed by atoms with Crippen LogP contribution in [0, 0.1) is 6.92 Å². The average molecular weight is 372 g/mol. The summed E-state index contributed by atoms with van der Waals surface area (Å²) in [6.45, 7) is 1.73. The minimum Gasteiger partial charge on any atom is -0.326 e. The highest BCUT2D eigenvalue weighted by molar-refractivity contribution is 7.90. The van der Waals surface area contributed by atoms with E-state index >= 15 is 0 Å². The first kappa shape index (κ1) is 17.8. The van der Waals surface area contributed by atoms with Crippen molar-refractivity contribution in [2.24, 2.45) is 0 Å². The SMILES string of the molecule is Cc1cc(S(C)(=O)=O)ccc1NC(=O)Cc1c(Cl)cccc1Cl. The number of hydrogen-bond acceptors (Lipinski definition) is 3. The molecule has 0 radical (unpaired) electrons. The van der Waals surface area contributed by atoms with Gasteiger partial charge in [0.2, 0.25) is 5.91 Å². The van der Waals surface area contributed by atoms with Gasteiger partial charge in [-0.05, 0) is 48.4 Å². The standard InChI is InChI=1S/C16H15Cl2NO3S/c1-10-8-11(23(2,21)22)6-7-15(10)19-16(20)9-12-13(17)4-3-5-14(12)18/h3-8H,9H2,1-2H3,(H,19,20). The Kier molecular flexibility index (Phi) is 5.34.